The molecule has 0 radical (unpaired) electrons. The van der Waals surface area contributed by atoms with Crippen LogP contribution in [-0.4, -0.2) is 24.0 Å². The van der Waals surface area contributed by atoms with Gasteiger partial charge in [-0.05, 0) is 36.8 Å². The number of benzene rings is 1. The minimum Gasteiger partial charge on any atom is -0.449 e. The highest BCUT2D eigenvalue weighted by Crippen LogP contribution is 2.29. The van der Waals surface area contributed by atoms with Crippen LogP contribution in [0.2, 0.25) is 0 Å². The first kappa shape index (κ1) is 18.2. The van der Waals surface area contributed by atoms with Crippen LogP contribution in [0.4, 0.5) is 0 Å². The Hall–Kier alpha value is -2.10. The molecule has 130 valence electrons. The first-order valence-electron chi connectivity index (χ1n) is 8.71. The summed E-state index contributed by atoms with van der Waals surface area (Å²) in [5, 5.41) is 3.04. The van der Waals surface area contributed by atoms with Crippen molar-refractivity contribution in [3.05, 3.63) is 42.0 Å². The maximum absolute atomic E-state index is 12.3. The van der Waals surface area contributed by atoms with Crippen LogP contribution in [0, 0.1) is 11.8 Å². The normalized spacial score (nSPS) is 25.2. The largest absolute Gasteiger partial charge is 0.449 e. The number of carbonyl (C=O) groups is 2. The van der Waals surface area contributed by atoms with Crippen LogP contribution < -0.4 is 5.32 Å². The van der Waals surface area contributed by atoms with Crippen molar-refractivity contribution in [2.75, 3.05) is 0 Å². The van der Waals surface area contributed by atoms with Gasteiger partial charge in [0.1, 0.15) is 0 Å². The summed E-state index contributed by atoms with van der Waals surface area (Å²) in [5.41, 5.74) is 0.913. The number of amides is 1. The van der Waals surface area contributed by atoms with Crippen LogP contribution >= 0.6 is 0 Å². The SMILES string of the molecule is C[C@H]1[C@@H](NC(=O)[C@@H](C)OC(=O)/C=C/c2ccccc2)CCC[C@@H]1C. The molecule has 0 spiro atoms. The Morgan fingerprint density at radius 3 is 2.62 bits per heavy atom. The molecule has 0 bridgehead atoms. The van der Waals surface area contributed by atoms with Crippen molar-refractivity contribution in [1.29, 1.82) is 0 Å². The molecule has 0 saturated heterocycles. The molecule has 1 N–H and O–H groups in total. The lowest BCUT2D eigenvalue weighted by Crippen LogP contribution is -2.47. The zero-order valence-corrected chi connectivity index (χ0v) is 14.7. The summed E-state index contributed by atoms with van der Waals surface area (Å²) in [4.78, 5) is 24.1. The molecule has 0 aliphatic heterocycles. The van der Waals surface area contributed by atoms with Crippen molar-refractivity contribution in [3.63, 3.8) is 0 Å². The highest BCUT2D eigenvalue weighted by atomic mass is 16.5. The predicted molar refractivity (Wildman–Crippen MR) is 95.1 cm³/mol. The minimum atomic E-state index is -0.789. The van der Waals surface area contributed by atoms with E-state index in [1.165, 1.54) is 12.5 Å². The molecule has 4 atom stereocenters. The molecule has 0 unspecified atom stereocenters. The predicted octanol–water partition coefficient (Wildman–Crippen LogP) is 3.57. The van der Waals surface area contributed by atoms with E-state index >= 15 is 0 Å². The molecule has 1 saturated carbocycles. The van der Waals surface area contributed by atoms with E-state index in [1.54, 1.807) is 13.0 Å². The summed E-state index contributed by atoms with van der Waals surface area (Å²) in [6.07, 6.45) is 5.57. The summed E-state index contributed by atoms with van der Waals surface area (Å²) < 4.78 is 5.20. The molecule has 2 rings (SSSR count). The number of hydrogen-bond donors (Lipinski definition) is 1. The molecule has 0 aromatic heterocycles. The fourth-order valence-electron chi connectivity index (χ4n) is 3.08. The van der Waals surface area contributed by atoms with Gasteiger partial charge >= 0.3 is 5.97 Å². The highest BCUT2D eigenvalue weighted by Gasteiger charge is 2.29. The number of hydrogen-bond acceptors (Lipinski definition) is 3. The molecule has 4 nitrogen and oxygen atoms in total. The molecule has 1 aliphatic carbocycles. The van der Waals surface area contributed by atoms with E-state index in [0.717, 1.165) is 18.4 Å². The molecule has 1 fully saturated rings. The van der Waals surface area contributed by atoms with Crippen LogP contribution in [0.25, 0.3) is 6.08 Å². The van der Waals surface area contributed by atoms with E-state index in [-0.39, 0.29) is 11.9 Å². The Labute approximate surface area is 144 Å². The standard InChI is InChI=1S/C20H27NO3/c1-14-8-7-11-18(15(14)2)21-20(23)16(3)24-19(22)13-12-17-9-5-4-6-10-17/h4-6,9-10,12-16,18H,7-8,11H2,1-3H3,(H,21,23)/b13-12+/t14-,15+,16+,18-/m0/s1. The number of nitrogens with one attached hydrogen (secondary N) is 1. The third-order valence-electron chi connectivity index (χ3n) is 4.91. The zero-order valence-electron chi connectivity index (χ0n) is 14.7. The lowest BCUT2D eigenvalue weighted by Gasteiger charge is -2.35. The van der Waals surface area contributed by atoms with E-state index in [4.69, 9.17) is 4.74 Å². The van der Waals surface area contributed by atoms with Gasteiger partial charge in [-0.2, -0.15) is 0 Å². The van der Waals surface area contributed by atoms with Gasteiger partial charge in [-0.3, -0.25) is 4.79 Å². The minimum absolute atomic E-state index is 0.169. The van der Waals surface area contributed by atoms with Gasteiger partial charge in [0.05, 0.1) is 0 Å². The van der Waals surface area contributed by atoms with Gasteiger partial charge in [0.2, 0.25) is 0 Å². The van der Waals surface area contributed by atoms with E-state index in [9.17, 15) is 9.59 Å². The van der Waals surface area contributed by atoms with Gasteiger partial charge in [-0.15, -0.1) is 0 Å². The van der Waals surface area contributed by atoms with Gasteiger partial charge in [0.15, 0.2) is 6.10 Å². The molecule has 0 heterocycles. The fourth-order valence-corrected chi connectivity index (χ4v) is 3.08. The Kier molecular flexibility index (Phi) is 6.59. The lowest BCUT2D eigenvalue weighted by molar-refractivity contribution is -0.150. The van der Waals surface area contributed by atoms with Gasteiger partial charge in [-0.1, -0.05) is 57.0 Å². The smallest absolute Gasteiger partial charge is 0.331 e. The molecule has 1 aromatic rings. The lowest BCUT2D eigenvalue weighted by atomic mass is 9.78. The first-order valence-corrected chi connectivity index (χ1v) is 8.71. The molecule has 4 heteroatoms. The summed E-state index contributed by atoms with van der Waals surface area (Å²) >= 11 is 0. The van der Waals surface area contributed by atoms with Crippen LogP contribution in [0.1, 0.15) is 45.6 Å². The second kappa shape index (κ2) is 8.67. The molecular formula is C20H27NO3. The average molecular weight is 329 g/mol. The molecular weight excluding hydrogens is 302 g/mol. The number of rotatable bonds is 5. The van der Waals surface area contributed by atoms with Crippen molar-refractivity contribution >= 4 is 18.0 Å². The summed E-state index contributed by atoms with van der Waals surface area (Å²) in [6.45, 7) is 6.01. The quantitative estimate of drug-likeness (QED) is 0.664. The number of esters is 1. The summed E-state index contributed by atoms with van der Waals surface area (Å²) in [5.74, 6) is 0.327. The molecule has 1 aliphatic rings. The van der Waals surface area contributed by atoms with Crippen LogP contribution in [0.5, 0.6) is 0 Å². The Bertz CT molecular complexity index is 582. The Morgan fingerprint density at radius 2 is 1.92 bits per heavy atom. The van der Waals surface area contributed by atoms with Crippen molar-refractivity contribution in [2.45, 2.75) is 52.2 Å². The summed E-state index contributed by atoms with van der Waals surface area (Å²) in [7, 11) is 0. The third-order valence-corrected chi connectivity index (χ3v) is 4.91. The third kappa shape index (κ3) is 5.22. The Balaban J connectivity index is 1.82. The molecule has 1 aromatic carbocycles. The van der Waals surface area contributed by atoms with Crippen LogP contribution in [0.3, 0.4) is 0 Å². The van der Waals surface area contributed by atoms with Crippen LogP contribution in [-0.2, 0) is 14.3 Å². The van der Waals surface area contributed by atoms with Gasteiger partial charge in [-0.25, -0.2) is 4.79 Å². The van der Waals surface area contributed by atoms with Crippen molar-refractivity contribution in [1.82, 2.24) is 5.32 Å². The van der Waals surface area contributed by atoms with Crippen molar-refractivity contribution in [2.24, 2.45) is 11.8 Å². The second-order valence-corrected chi connectivity index (χ2v) is 6.71. The number of ether oxygens (including phenoxy) is 1. The first-order chi connectivity index (χ1) is 11.5. The monoisotopic (exact) mass is 329 g/mol. The maximum atomic E-state index is 12.3. The van der Waals surface area contributed by atoms with E-state index in [0.29, 0.717) is 11.8 Å². The molecule has 24 heavy (non-hydrogen) atoms. The summed E-state index contributed by atoms with van der Waals surface area (Å²) in [6, 6.07) is 9.66. The van der Waals surface area contributed by atoms with E-state index < -0.39 is 12.1 Å². The van der Waals surface area contributed by atoms with E-state index in [2.05, 4.69) is 19.2 Å². The van der Waals surface area contributed by atoms with E-state index in [1.807, 2.05) is 30.3 Å². The van der Waals surface area contributed by atoms with Crippen LogP contribution in [0.15, 0.2) is 36.4 Å². The van der Waals surface area contributed by atoms with Crippen molar-refractivity contribution < 1.29 is 14.3 Å². The maximum Gasteiger partial charge on any atom is 0.331 e. The topological polar surface area (TPSA) is 55.4 Å². The highest BCUT2D eigenvalue weighted by molar-refractivity contribution is 5.90. The van der Waals surface area contributed by atoms with Gasteiger partial charge in [0.25, 0.3) is 5.91 Å². The van der Waals surface area contributed by atoms with Gasteiger partial charge < -0.3 is 10.1 Å². The zero-order chi connectivity index (χ0) is 17.5. The average Bonchev–Trinajstić information content (AvgIpc) is 2.58. The van der Waals surface area contributed by atoms with Gasteiger partial charge in [0, 0.05) is 12.1 Å². The Morgan fingerprint density at radius 1 is 1.21 bits per heavy atom. The number of carbonyl (C=O) groups excluding carboxylic acids is 2. The van der Waals surface area contributed by atoms with Crippen molar-refractivity contribution in [3.8, 4) is 0 Å². The second-order valence-electron chi connectivity index (χ2n) is 6.71. The fraction of sp³-hybridized carbons (Fsp3) is 0.500. The molecule has 1 amide bonds.